The average Bonchev–Trinajstić information content (AvgIpc) is 1.76. The minimum absolute atomic E-state index is 0.150. The third-order valence-electron chi connectivity index (χ3n) is 2.43. The van der Waals surface area contributed by atoms with Gasteiger partial charge in [-0.2, -0.15) is 5.06 Å². The van der Waals surface area contributed by atoms with Gasteiger partial charge in [-0.3, -0.25) is 0 Å². The van der Waals surface area contributed by atoms with Crippen molar-refractivity contribution >= 4 is 9.84 Å². The first-order chi connectivity index (χ1) is 6.11. The minimum Gasteiger partial charge on any atom is -0.301 e. The highest BCUT2D eigenvalue weighted by molar-refractivity contribution is 7.91. The van der Waals surface area contributed by atoms with Gasteiger partial charge in [0.2, 0.25) is 0 Å². The summed E-state index contributed by atoms with van der Waals surface area (Å²) in [4.78, 5) is 5.28. The van der Waals surface area contributed by atoms with Crippen molar-refractivity contribution in [3.8, 4) is 0 Å². The van der Waals surface area contributed by atoms with Crippen molar-refractivity contribution in [2.24, 2.45) is 0 Å². The van der Waals surface area contributed by atoms with E-state index in [-0.39, 0.29) is 11.5 Å². The molecule has 0 aliphatic carbocycles. The molecule has 0 unspecified atom stereocenters. The molecule has 5 heteroatoms. The lowest BCUT2D eigenvalue weighted by atomic mass is 9.99. The van der Waals surface area contributed by atoms with E-state index in [1.54, 1.807) is 12.2 Å². The summed E-state index contributed by atoms with van der Waals surface area (Å²) in [7, 11) is -1.38. The molecule has 0 aromatic carbocycles. The van der Waals surface area contributed by atoms with Gasteiger partial charge in [-0.05, 0) is 27.7 Å². The van der Waals surface area contributed by atoms with Crippen LogP contribution in [-0.4, -0.2) is 43.2 Å². The van der Waals surface area contributed by atoms with Gasteiger partial charge in [-0.25, -0.2) is 8.42 Å². The maximum absolute atomic E-state index is 11.7. The van der Waals surface area contributed by atoms with Gasteiger partial charge in [0.1, 0.15) is 0 Å². The first-order valence-corrected chi connectivity index (χ1v) is 6.48. The molecule has 0 bridgehead atoms. The summed E-state index contributed by atoms with van der Waals surface area (Å²) in [6, 6.07) is 0. The number of nitrogens with zero attached hydrogens (tertiary/aromatic N) is 1. The van der Waals surface area contributed by atoms with E-state index in [9.17, 15) is 8.42 Å². The number of hydrogen-bond donors (Lipinski definition) is 0. The highest BCUT2D eigenvalue weighted by Crippen LogP contribution is 2.33. The summed E-state index contributed by atoms with van der Waals surface area (Å²) < 4.78 is 23.3. The van der Waals surface area contributed by atoms with E-state index in [1.807, 2.05) is 27.7 Å². The predicted molar refractivity (Wildman–Crippen MR) is 55.7 cm³/mol. The normalized spacial score (nSPS) is 30.1. The Bertz CT molecular complexity index is 295. The van der Waals surface area contributed by atoms with Crippen molar-refractivity contribution in [1.82, 2.24) is 5.06 Å². The largest absolute Gasteiger partial charge is 0.301 e. The zero-order chi connectivity index (χ0) is 11.2. The lowest BCUT2D eigenvalue weighted by molar-refractivity contribution is -0.239. The third-order valence-corrected chi connectivity index (χ3v) is 4.72. The predicted octanol–water partition coefficient (Wildman–Crippen LogP) is 0.835. The zero-order valence-electron chi connectivity index (χ0n) is 9.49. The van der Waals surface area contributed by atoms with E-state index in [1.165, 1.54) is 0 Å². The molecule has 0 spiro atoms. The maximum Gasteiger partial charge on any atom is 0.154 e. The van der Waals surface area contributed by atoms with E-state index in [0.717, 1.165) is 0 Å². The van der Waals surface area contributed by atoms with Crippen LogP contribution in [-0.2, 0) is 14.7 Å². The Hall–Kier alpha value is -0.130. The van der Waals surface area contributed by atoms with Gasteiger partial charge in [0.25, 0.3) is 0 Å². The Labute approximate surface area is 86.1 Å². The summed E-state index contributed by atoms with van der Waals surface area (Å²) in [5.74, 6) is 0.300. The van der Waals surface area contributed by atoms with Crippen LogP contribution in [0.1, 0.15) is 27.7 Å². The van der Waals surface area contributed by atoms with Gasteiger partial charge in [-0.15, -0.1) is 0 Å². The Kier molecular flexibility index (Phi) is 2.71. The fraction of sp³-hybridized carbons (Fsp3) is 1.00. The zero-order valence-corrected chi connectivity index (χ0v) is 10.3. The summed E-state index contributed by atoms with van der Waals surface area (Å²) >= 11 is 0. The van der Waals surface area contributed by atoms with Crippen molar-refractivity contribution in [3.63, 3.8) is 0 Å². The van der Waals surface area contributed by atoms with Gasteiger partial charge in [0, 0.05) is 0 Å². The molecule has 1 heterocycles. The quantitative estimate of drug-likeness (QED) is 0.658. The third kappa shape index (κ3) is 2.10. The van der Waals surface area contributed by atoms with Crippen molar-refractivity contribution in [2.45, 2.75) is 38.8 Å². The summed E-state index contributed by atoms with van der Waals surface area (Å²) in [5.41, 5.74) is -0.926. The highest BCUT2D eigenvalue weighted by Gasteiger charge is 2.48. The van der Waals surface area contributed by atoms with E-state index < -0.39 is 20.9 Å². The first-order valence-electron chi connectivity index (χ1n) is 4.66. The molecule has 0 N–H and O–H groups in total. The fourth-order valence-corrected chi connectivity index (χ4v) is 5.05. The van der Waals surface area contributed by atoms with Crippen LogP contribution in [0.15, 0.2) is 0 Å². The summed E-state index contributed by atoms with van der Waals surface area (Å²) in [6.45, 7) is 7.54. The number of rotatable bonds is 1. The van der Waals surface area contributed by atoms with Gasteiger partial charge in [0.15, 0.2) is 9.84 Å². The molecule has 14 heavy (non-hydrogen) atoms. The van der Waals surface area contributed by atoms with E-state index in [2.05, 4.69) is 0 Å². The molecular weight excluding hydrogens is 202 g/mol. The summed E-state index contributed by atoms with van der Waals surface area (Å²) in [5, 5.41) is 1.78. The van der Waals surface area contributed by atoms with Crippen LogP contribution >= 0.6 is 0 Å². The molecule has 0 atom stereocenters. The Balaban J connectivity index is 3.12. The molecule has 1 fully saturated rings. The SMILES string of the molecule is CON1C(C)(C)CS(=O)(=O)CC1(C)C. The van der Waals surface area contributed by atoms with Crippen LogP contribution in [0.4, 0.5) is 0 Å². The smallest absolute Gasteiger partial charge is 0.154 e. The molecule has 0 aromatic rings. The van der Waals surface area contributed by atoms with Crippen molar-refractivity contribution in [2.75, 3.05) is 18.6 Å². The lowest BCUT2D eigenvalue weighted by Gasteiger charge is -2.49. The number of sulfone groups is 1. The van der Waals surface area contributed by atoms with Crippen LogP contribution in [0.5, 0.6) is 0 Å². The van der Waals surface area contributed by atoms with Crippen molar-refractivity contribution < 1.29 is 13.3 Å². The topological polar surface area (TPSA) is 46.6 Å². The second-order valence-electron chi connectivity index (χ2n) is 5.13. The van der Waals surface area contributed by atoms with Crippen molar-refractivity contribution in [3.05, 3.63) is 0 Å². The van der Waals surface area contributed by atoms with E-state index >= 15 is 0 Å². The molecule has 0 saturated carbocycles. The molecule has 4 nitrogen and oxygen atoms in total. The monoisotopic (exact) mass is 221 g/mol. The molecule has 0 amide bonds. The van der Waals surface area contributed by atoms with Crippen LogP contribution in [0.2, 0.25) is 0 Å². The molecule has 1 saturated heterocycles. The number of hydroxylamine groups is 2. The van der Waals surface area contributed by atoms with E-state index in [0.29, 0.717) is 0 Å². The maximum atomic E-state index is 11.7. The standard InChI is InChI=1S/C9H19NO3S/c1-8(2)6-14(11,12)7-9(3,4)10(8)13-5/h6-7H2,1-5H3. The molecule has 84 valence electrons. The van der Waals surface area contributed by atoms with Gasteiger partial charge < -0.3 is 4.84 Å². The highest BCUT2D eigenvalue weighted by atomic mass is 32.2. The molecule has 1 aliphatic rings. The van der Waals surface area contributed by atoms with Gasteiger partial charge in [-0.1, -0.05) is 0 Å². The Morgan fingerprint density at radius 1 is 1.07 bits per heavy atom. The number of hydrogen-bond acceptors (Lipinski definition) is 4. The minimum atomic E-state index is -2.96. The second-order valence-corrected chi connectivity index (χ2v) is 7.20. The summed E-state index contributed by atoms with van der Waals surface area (Å²) in [6.07, 6.45) is 0. The van der Waals surface area contributed by atoms with Crippen LogP contribution in [0.3, 0.4) is 0 Å². The van der Waals surface area contributed by atoms with Crippen LogP contribution in [0.25, 0.3) is 0 Å². The molecular formula is C9H19NO3S. The van der Waals surface area contributed by atoms with Gasteiger partial charge in [0.05, 0.1) is 29.7 Å². The van der Waals surface area contributed by atoms with Crippen LogP contribution < -0.4 is 0 Å². The van der Waals surface area contributed by atoms with Crippen LogP contribution in [0, 0.1) is 0 Å². The fourth-order valence-electron chi connectivity index (χ4n) is 2.56. The average molecular weight is 221 g/mol. The molecule has 0 radical (unpaired) electrons. The molecule has 1 rings (SSSR count). The van der Waals surface area contributed by atoms with Crippen molar-refractivity contribution in [1.29, 1.82) is 0 Å². The first kappa shape index (κ1) is 11.9. The van der Waals surface area contributed by atoms with E-state index in [4.69, 9.17) is 4.84 Å². The lowest BCUT2D eigenvalue weighted by Crippen LogP contribution is -2.64. The Morgan fingerprint density at radius 3 is 1.71 bits per heavy atom. The van der Waals surface area contributed by atoms with Gasteiger partial charge >= 0.3 is 0 Å². The molecule has 0 aromatic heterocycles. The second kappa shape index (κ2) is 3.18. The Morgan fingerprint density at radius 2 is 1.43 bits per heavy atom. The molecule has 1 aliphatic heterocycles.